The minimum atomic E-state index is -3.61. The molecule has 2 rings (SSSR count). The van der Waals surface area contributed by atoms with Gasteiger partial charge in [0.1, 0.15) is 18.4 Å². The molecule has 0 aliphatic carbocycles. The molecule has 6 nitrogen and oxygen atoms in total. The van der Waals surface area contributed by atoms with E-state index >= 15 is 0 Å². The average molecular weight is 391 g/mol. The van der Waals surface area contributed by atoms with Gasteiger partial charge >= 0.3 is 0 Å². The van der Waals surface area contributed by atoms with E-state index in [0.717, 1.165) is 27.4 Å². The average Bonchev–Trinajstić information content (AvgIpc) is 2.60. The van der Waals surface area contributed by atoms with Crippen LogP contribution in [0.2, 0.25) is 0 Å². The summed E-state index contributed by atoms with van der Waals surface area (Å²) in [5.41, 5.74) is 2.61. The van der Waals surface area contributed by atoms with E-state index in [1.165, 1.54) is 0 Å². The molecule has 0 aliphatic heterocycles. The van der Waals surface area contributed by atoms with Crippen molar-refractivity contribution in [1.82, 2.24) is 5.32 Å². The van der Waals surface area contributed by atoms with Gasteiger partial charge in [-0.25, -0.2) is 8.42 Å². The number of hydrogen-bond donors (Lipinski definition) is 1. The van der Waals surface area contributed by atoms with Gasteiger partial charge in [0, 0.05) is 0 Å². The molecule has 0 aromatic heterocycles. The summed E-state index contributed by atoms with van der Waals surface area (Å²) < 4.78 is 31.2. The molecule has 0 fully saturated rings. The quantitative estimate of drug-likeness (QED) is 0.703. The smallest absolute Gasteiger partial charge is 0.243 e. The van der Waals surface area contributed by atoms with Crippen molar-refractivity contribution in [3.05, 3.63) is 59.7 Å². The van der Waals surface area contributed by atoms with Gasteiger partial charge in [0.2, 0.25) is 15.9 Å². The fourth-order valence-electron chi connectivity index (χ4n) is 2.63. The van der Waals surface area contributed by atoms with Crippen LogP contribution in [-0.2, 0) is 14.8 Å². The van der Waals surface area contributed by atoms with Crippen molar-refractivity contribution < 1.29 is 17.9 Å². The van der Waals surface area contributed by atoms with Gasteiger partial charge in [0.25, 0.3) is 0 Å². The first kappa shape index (κ1) is 20.8. The Labute approximate surface area is 161 Å². The number of ether oxygens (including phenoxy) is 1. The zero-order valence-corrected chi connectivity index (χ0v) is 16.9. The van der Waals surface area contributed by atoms with Crippen LogP contribution in [0, 0.1) is 13.8 Å². The van der Waals surface area contributed by atoms with Crippen LogP contribution in [0.25, 0.3) is 0 Å². The minimum absolute atomic E-state index is 0.280. The molecule has 0 spiro atoms. The van der Waals surface area contributed by atoms with Crippen molar-refractivity contribution in [2.75, 3.05) is 23.7 Å². The highest BCUT2D eigenvalue weighted by molar-refractivity contribution is 7.92. The van der Waals surface area contributed by atoms with Gasteiger partial charge in [-0.3, -0.25) is 9.10 Å². The SMILES string of the molecule is Cc1ccc(OCCNC(=O)[C@H](C)N(c2ccc(C)cc2)S(C)(=O)=O)cc1. The van der Waals surface area contributed by atoms with E-state index in [1.807, 2.05) is 50.2 Å². The second kappa shape index (κ2) is 8.90. The highest BCUT2D eigenvalue weighted by Crippen LogP contribution is 2.21. The number of hydrogen-bond acceptors (Lipinski definition) is 4. The highest BCUT2D eigenvalue weighted by Gasteiger charge is 2.28. The largest absolute Gasteiger partial charge is 0.492 e. The predicted octanol–water partition coefficient (Wildman–Crippen LogP) is 2.65. The van der Waals surface area contributed by atoms with Gasteiger partial charge in [-0.05, 0) is 45.0 Å². The molecule has 0 radical (unpaired) electrons. The third kappa shape index (κ3) is 5.99. The van der Waals surface area contributed by atoms with Gasteiger partial charge in [-0.1, -0.05) is 35.4 Å². The lowest BCUT2D eigenvalue weighted by molar-refractivity contribution is -0.121. The van der Waals surface area contributed by atoms with Crippen molar-refractivity contribution in [2.45, 2.75) is 26.8 Å². The maximum atomic E-state index is 12.5. The van der Waals surface area contributed by atoms with E-state index in [0.29, 0.717) is 12.3 Å². The minimum Gasteiger partial charge on any atom is -0.492 e. The summed E-state index contributed by atoms with van der Waals surface area (Å²) in [7, 11) is -3.61. The summed E-state index contributed by atoms with van der Waals surface area (Å²) >= 11 is 0. The van der Waals surface area contributed by atoms with Crippen LogP contribution in [0.1, 0.15) is 18.1 Å². The zero-order chi connectivity index (χ0) is 20.0. The van der Waals surface area contributed by atoms with Crippen molar-refractivity contribution in [1.29, 1.82) is 0 Å². The highest BCUT2D eigenvalue weighted by atomic mass is 32.2. The Morgan fingerprint density at radius 3 is 2.07 bits per heavy atom. The van der Waals surface area contributed by atoms with E-state index < -0.39 is 16.1 Å². The molecular weight excluding hydrogens is 364 g/mol. The molecule has 1 N–H and O–H groups in total. The number of rotatable bonds is 8. The van der Waals surface area contributed by atoms with Gasteiger partial charge < -0.3 is 10.1 Å². The molecule has 0 unspecified atom stereocenters. The lowest BCUT2D eigenvalue weighted by Crippen LogP contribution is -2.48. The Hall–Kier alpha value is -2.54. The second-order valence-corrected chi connectivity index (χ2v) is 8.38. The van der Waals surface area contributed by atoms with Crippen LogP contribution in [0.5, 0.6) is 5.75 Å². The summed E-state index contributed by atoms with van der Waals surface area (Å²) in [4.78, 5) is 12.5. The van der Waals surface area contributed by atoms with E-state index in [9.17, 15) is 13.2 Å². The van der Waals surface area contributed by atoms with E-state index in [1.54, 1.807) is 19.1 Å². The third-order valence-corrected chi connectivity index (χ3v) is 5.31. The Kier molecular flexibility index (Phi) is 6.85. The summed E-state index contributed by atoms with van der Waals surface area (Å²) in [5, 5.41) is 2.73. The standard InChI is InChI=1S/C20H26N2O4S/c1-15-5-9-18(10-6-15)22(27(4,24)25)17(3)20(23)21-13-14-26-19-11-7-16(2)8-12-19/h5-12,17H,13-14H2,1-4H3,(H,21,23)/t17-/m0/s1. The molecule has 2 aromatic rings. The first-order valence-electron chi connectivity index (χ1n) is 8.72. The second-order valence-electron chi connectivity index (χ2n) is 6.52. The molecule has 7 heteroatoms. The van der Waals surface area contributed by atoms with E-state index in [2.05, 4.69) is 5.32 Å². The Morgan fingerprint density at radius 2 is 1.56 bits per heavy atom. The van der Waals surface area contributed by atoms with E-state index in [-0.39, 0.29) is 12.5 Å². The third-order valence-electron chi connectivity index (χ3n) is 4.07. The van der Waals surface area contributed by atoms with Crippen LogP contribution in [0.15, 0.2) is 48.5 Å². The molecule has 146 valence electrons. The molecule has 0 saturated carbocycles. The lowest BCUT2D eigenvalue weighted by atomic mass is 10.2. The fourth-order valence-corrected chi connectivity index (χ4v) is 3.80. The number of carbonyl (C=O) groups is 1. The van der Waals surface area contributed by atoms with Crippen LogP contribution in [-0.4, -0.2) is 39.8 Å². The molecule has 0 heterocycles. The fraction of sp³-hybridized carbons (Fsp3) is 0.350. The summed E-state index contributed by atoms with van der Waals surface area (Å²) in [6, 6.07) is 13.8. The van der Waals surface area contributed by atoms with Crippen molar-refractivity contribution in [3.63, 3.8) is 0 Å². The molecule has 0 aliphatic rings. The molecule has 2 aromatic carbocycles. The van der Waals surface area contributed by atoms with Gasteiger partial charge in [0.15, 0.2) is 0 Å². The normalized spacial score (nSPS) is 12.3. The summed E-state index contributed by atoms with van der Waals surface area (Å²) in [5.74, 6) is 0.342. The first-order chi connectivity index (χ1) is 12.7. The number of nitrogens with one attached hydrogen (secondary N) is 1. The number of amides is 1. The molecule has 0 bridgehead atoms. The predicted molar refractivity (Wildman–Crippen MR) is 108 cm³/mol. The van der Waals surface area contributed by atoms with Gasteiger partial charge in [0.05, 0.1) is 18.5 Å². The number of sulfonamides is 1. The molecule has 1 amide bonds. The number of nitrogens with zero attached hydrogens (tertiary/aromatic N) is 1. The van der Waals surface area contributed by atoms with Crippen molar-refractivity contribution >= 4 is 21.6 Å². The maximum Gasteiger partial charge on any atom is 0.243 e. The van der Waals surface area contributed by atoms with E-state index in [4.69, 9.17) is 4.74 Å². The van der Waals surface area contributed by atoms with Crippen LogP contribution < -0.4 is 14.4 Å². The molecule has 1 atom stereocenters. The number of benzene rings is 2. The molecular formula is C20H26N2O4S. The molecule has 0 saturated heterocycles. The maximum absolute atomic E-state index is 12.5. The van der Waals surface area contributed by atoms with Gasteiger partial charge in [-0.2, -0.15) is 0 Å². The Balaban J connectivity index is 1.96. The number of carbonyl (C=O) groups excluding carboxylic acids is 1. The zero-order valence-electron chi connectivity index (χ0n) is 16.1. The Morgan fingerprint density at radius 1 is 1.04 bits per heavy atom. The summed E-state index contributed by atoms with van der Waals surface area (Å²) in [6.45, 7) is 6.05. The van der Waals surface area contributed by atoms with Crippen LogP contribution in [0.3, 0.4) is 0 Å². The summed E-state index contributed by atoms with van der Waals surface area (Å²) in [6.07, 6.45) is 1.09. The molecule has 27 heavy (non-hydrogen) atoms. The van der Waals surface area contributed by atoms with Crippen LogP contribution in [0.4, 0.5) is 5.69 Å². The van der Waals surface area contributed by atoms with Crippen molar-refractivity contribution in [2.24, 2.45) is 0 Å². The van der Waals surface area contributed by atoms with Gasteiger partial charge in [-0.15, -0.1) is 0 Å². The Bertz CT molecular complexity index is 862. The number of aryl methyl sites for hydroxylation is 2. The number of anilines is 1. The van der Waals surface area contributed by atoms with Crippen molar-refractivity contribution in [3.8, 4) is 5.75 Å². The topological polar surface area (TPSA) is 75.7 Å². The lowest BCUT2D eigenvalue weighted by Gasteiger charge is -2.28. The monoisotopic (exact) mass is 390 g/mol. The first-order valence-corrected chi connectivity index (χ1v) is 10.6. The van der Waals surface area contributed by atoms with Crippen LogP contribution >= 0.6 is 0 Å².